The van der Waals surface area contributed by atoms with Crippen molar-refractivity contribution < 1.29 is 22.8 Å². The Morgan fingerprint density at radius 3 is 2.63 bits per heavy atom. The van der Waals surface area contributed by atoms with Gasteiger partial charge in [0, 0.05) is 63.3 Å². The van der Waals surface area contributed by atoms with E-state index in [0.717, 1.165) is 0 Å². The number of amides is 2. The van der Waals surface area contributed by atoms with Gasteiger partial charge in [-0.15, -0.1) is 11.3 Å². The normalized spacial score (nSPS) is 21.0. The minimum absolute atomic E-state index is 0.139. The van der Waals surface area contributed by atoms with Gasteiger partial charge in [-0.3, -0.25) is 23.7 Å². The fourth-order valence-electron chi connectivity index (χ4n) is 3.89. The molecular formula is C18H20F3N5O3S. The maximum Gasteiger partial charge on any atom is 0.406 e. The first-order valence-corrected chi connectivity index (χ1v) is 10.4. The molecule has 4 rings (SSSR count). The van der Waals surface area contributed by atoms with Crippen molar-refractivity contribution in [1.82, 2.24) is 24.1 Å². The maximum absolute atomic E-state index is 12.7. The van der Waals surface area contributed by atoms with Gasteiger partial charge in [0.25, 0.3) is 5.56 Å². The molecule has 0 aromatic carbocycles. The predicted octanol–water partition coefficient (Wildman–Crippen LogP) is 0.811. The number of alkyl halides is 3. The molecule has 2 aliphatic heterocycles. The lowest BCUT2D eigenvalue weighted by atomic mass is 10.1. The summed E-state index contributed by atoms with van der Waals surface area (Å²) in [5.41, 5.74) is 0.519. The van der Waals surface area contributed by atoms with Gasteiger partial charge in [-0.1, -0.05) is 0 Å². The molecule has 8 nitrogen and oxygen atoms in total. The Labute approximate surface area is 173 Å². The van der Waals surface area contributed by atoms with Crippen LogP contribution in [0.2, 0.25) is 0 Å². The molecule has 2 aliphatic rings. The first-order chi connectivity index (χ1) is 14.2. The van der Waals surface area contributed by atoms with Crippen LogP contribution in [0.25, 0.3) is 4.96 Å². The van der Waals surface area contributed by atoms with Crippen LogP contribution in [0.4, 0.5) is 13.2 Å². The lowest BCUT2D eigenvalue weighted by Crippen LogP contribution is -2.50. The van der Waals surface area contributed by atoms with Gasteiger partial charge in [0.15, 0.2) is 4.96 Å². The molecule has 0 radical (unpaired) electrons. The Bertz CT molecular complexity index is 1010. The van der Waals surface area contributed by atoms with Gasteiger partial charge < -0.3 is 9.80 Å². The predicted molar refractivity (Wildman–Crippen MR) is 102 cm³/mol. The van der Waals surface area contributed by atoms with E-state index in [-0.39, 0.29) is 24.4 Å². The van der Waals surface area contributed by atoms with E-state index in [1.54, 1.807) is 16.5 Å². The van der Waals surface area contributed by atoms with Crippen LogP contribution in [0.15, 0.2) is 22.4 Å². The summed E-state index contributed by atoms with van der Waals surface area (Å²) in [6, 6.07) is 1.50. The van der Waals surface area contributed by atoms with E-state index < -0.39 is 24.5 Å². The van der Waals surface area contributed by atoms with Crippen molar-refractivity contribution in [3.63, 3.8) is 0 Å². The molecule has 2 aromatic rings. The number of halogens is 3. The highest BCUT2D eigenvalue weighted by molar-refractivity contribution is 7.15. The number of nitrogens with zero attached hydrogens (tertiary/aromatic N) is 5. The van der Waals surface area contributed by atoms with Crippen molar-refractivity contribution in [2.45, 2.75) is 19.1 Å². The van der Waals surface area contributed by atoms with Crippen LogP contribution >= 0.6 is 11.3 Å². The van der Waals surface area contributed by atoms with E-state index in [0.29, 0.717) is 48.3 Å². The summed E-state index contributed by atoms with van der Waals surface area (Å²) in [6.45, 7) is 0.935. The molecule has 162 valence electrons. The molecule has 4 heterocycles. The first-order valence-electron chi connectivity index (χ1n) is 9.51. The van der Waals surface area contributed by atoms with Crippen molar-refractivity contribution in [1.29, 1.82) is 0 Å². The number of aromatic nitrogens is 2. The number of hydrogen-bond acceptors (Lipinski definition) is 6. The molecule has 2 aromatic heterocycles. The molecule has 0 bridgehead atoms. The standard InChI is InChI=1S/C18H20F3N5O3S/c19-18(20,21)11-25-9-12(7-14(25)27)16(29)24-3-1-23(2-4-24)10-13-8-15(28)26-5-6-30-17(26)22-13/h5-6,8,12H,1-4,7,9-11H2. The highest BCUT2D eigenvalue weighted by Crippen LogP contribution is 2.25. The molecule has 0 aliphatic carbocycles. The van der Waals surface area contributed by atoms with E-state index in [9.17, 15) is 27.6 Å². The summed E-state index contributed by atoms with van der Waals surface area (Å²) >= 11 is 1.38. The second-order valence-corrected chi connectivity index (χ2v) is 8.41. The molecule has 12 heteroatoms. The van der Waals surface area contributed by atoms with Crippen LogP contribution in [-0.4, -0.2) is 81.3 Å². The summed E-state index contributed by atoms with van der Waals surface area (Å²) in [4.78, 5) is 46.1. The van der Waals surface area contributed by atoms with Gasteiger partial charge in [0.1, 0.15) is 6.54 Å². The third kappa shape index (κ3) is 4.48. The average Bonchev–Trinajstić information content (AvgIpc) is 3.28. The van der Waals surface area contributed by atoms with Crippen LogP contribution in [0, 0.1) is 5.92 Å². The molecule has 0 N–H and O–H groups in total. The number of thiazole rings is 1. The fourth-order valence-corrected chi connectivity index (χ4v) is 4.63. The van der Waals surface area contributed by atoms with Crippen molar-refractivity contribution in [2.75, 3.05) is 39.3 Å². The zero-order valence-electron chi connectivity index (χ0n) is 16.0. The molecule has 0 spiro atoms. The molecule has 30 heavy (non-hydrogen) atoms. The zero-order chi connectivity index (χ0) is 21.5. The Morgan fingerprint density at radius 1 is 1.20 bits per heavy atom. The lowest BCUT2D eigenvalue weighted by Gasteiger charge is -2.35. The van der Waals surface area contributed by atoms with Gasteiger partial charge in [-0.2, -0.15) is 13.2 Å². The Hall–Kier alpha value is -2.47. The van der Waals surface area contributed by atoms with E-state index in [2.05, 4.69) is 9.88 Å². The summed E-state index contributed by atoms with van der Waals surface area (Å²) in [6.07, 6.45) is -2.97. The minimum atomic E-state index is -4.47. The van der Waals surface area contributed by atoms with Crippen LogP contribution in [-0.2, 0) is 16.1 Å². The van der Waals surface area contributed by atoms with Gasteiger partial charge in [-0.05, 0) is 0 Å². The van der Waals surface area contributed by atoms with E-state index in [1.807, 2.05) is 0 Å². The van der Waals surface area contributed by atoms with E-state index in [1.165, 1.54) is 21.8 Å². The van der Waals surface area contributed by atoms with Crippen LogP contribution in [0.3, 0.4) is 0 Å². The van der Waals surface area contributed by atoms with Crippen LogP contribution < -0.4 is 5.56 Å². The van der Waals surface area contributed by atoms with Crippen LogP contribution in [0.5, 0.6) is 0 Å². The van der Waals surface area contributed by atoms with Crippen molar-refractivity contribution in [3.05, 3.63) is 33.7 Å². The number of rotatable bonds is 4. The molecule has 2 fully saturated rings. The lowest BCUT2D eigenvalue weighted by molar-refractivity contribution is -0.157. The molecule has 2 amide bonds. The van der Waals surface area contributed by atoms with E-state index >= 15 is 0 Å². The first kappa shape index (κ1) is 20.8. The molecule has 1 unspecified atom stereocenters. The summed E-state index contributed by atoms with van der Waals surface area (Å²) in [5, 5.41) is 1.79. The third-order valence-electron chi connectivity index (χ3n) is 5.36. The van der Waals surface area contributed by atoms with Crippen LogP contribution in [0.1, 0.15) is 12.1 Å². The monoisotopic (exact) mass is 443 g/mol. The Balaban J connectivity index is 1.31. The highest BCUT2D eigenvalue weighted by atomic mass is 32.1. The summed E-state index contributed by atoms with van der Waals surface area (Å²) in [5.74, 6) is -1.64. The molecule has 2 saturated heterocycles. The number of hydrogen-bond donors (Lipinski definition) is 0. The number of likely N-dealkylation sites (tertiary alicyclic amines) is 1. The topological polar surface area (TPSA) is 78.2 Å². The third-order valence-corrected chi connectivity index (χ3v) is 6.12. The van der Waals surface area contributed by atoms with Crippen molar-refractivity contribution in [2.24, 2.45) is 5.92 Å². The summed E-state index contributed by atoms with van der Waals surface area (Å²) in [7, 11) is 0. The van der Waals surface area contributed by atoms with Crippen molar-refractivity contribution >= 4 is 28.1 Å². The quantitative estimate of drug-likeness (QED) is 0.699. The Kier molecular flexibility index (Phi) is 5.53. The molecule has 0 saturated carbocycles. The second kappa shape index (κ2) is 7.99. The largest absolute Gasteiger partial charge is 0.406 e. The minimum Gasteiger partial charge on any atom is -0.340 e. The van der Waals surface area contributed by atoms with Gasteiger partial charge >= 0.3 is 6.18 Å². The zero-order valence-corrected chi connectivity index (χ0v) is 16.8. The maximum atomic E-state index is 12.7. The van der Waals surface area contributed by atoms with Gasteiger partial charge in [0.05, 0.1) is 11.6 Å². The number of fused-ring (bicyclic) bond motifs is 1. The second-order valence-electron chi connectivity index (χ2n) is 7.53. The van der Waals surface area contributed by atoms with Gasteiger partial charge in [0.2, 0.25) is 11.8 Å². The SMILES string of the molecule is O=C1CC(C(=O)N2CCN(Cc3cc(=O)n4ccsc4n3)CC2)CN1CC(F)(F)F. The number of carbonyl (C=O) groups is 2. The van der Waals surface area contributed by atoms with E-state index in [4.69, 9.17) is 0 Å². The molecular weight excluding hydrogens is 423 g/mol. The summed E-state index contributed by atoms with van der Waals surface area (Å²) < 4.78 is 39.2. The fraction of sp³-hybridized carbons (Fsp3) is 0.556. The molecule has 1 atom stereocenters. The average molecular weight is 443 g/mol. The number of carbonyl (C=O) groups excluding carboxylic acids is 2. The smallest absolute Gasteiger partial charge is 0.340 e. The Morgan fingerprint density at radius 2 is 1.93 bits per heavy atom. The van der Waals surface area contributed by atoms with Gasteiger partial charge in [-0.25, -0.2) is 4.98 Å². The number of piperazine rings is 1. The highest BCUT2D eigenvalue weighted by Gasteiger charge is 2.42. The van der Waals surface area contributed by atoms with Crippen molar-refractivity contribution in [3.8, 4) is 0 Å².